The quantitative estimate of drug-likeness (QED) is 0.800. The molecule has 0 amide bonds. The first-order valence-corrected chi connectivity index (χ1v) is 7.51. The number of pyridine rings is 1. The standard InChI is InChI=1S/C17H28N2O2/c1-12-11-19-15(13(2)16(12)21-5)10-14(20)6-7-17(3,4)8-9-18/h11H,6-10,18H2,1-5H3. The molecule has 0 aromatic carbocycles. The van der Waals surface area contributed by atoms with Gasteiger partial charge in [-0.3, -0.25) is 9.78 Å². The number of aromatic nitrogens is 1. The second kappa shape index (κ2) is 7.55. The fraction of sp³-hybridized carbons (Fsp3) is 0.647. The van der Waals surface area contributed by atoms with Crippen molar-refractivity contribution >= 4 is 5.78 Å². The molecule has 0 radical (unpaired) electrons. The molecule has 0 aliphatic carbocycles. The molecule has 2 N–H and O–H groups in total. The maximum absolute atomic E-state index is 12.2. The minimum atomic E-state index is 0.123. The highest BCUT2D eigenvalue weighted by Crippen LogP contribution is 2.27. The molecule has 0 aliphatic heterocycles. The Morgan fingerprint density at radius 2 is 2.00 bits per heavy atom. The van der Waals surface area contributed by atoms with Crippen LogP contribution >= 0.6 is 0 Å². The monoisotopic (exact) mass is 292 g/mol. The van der Waals surface area contributed by atoms with Gasteiger partial charge in [-0.1, -0.05) is 13.8 Å². The van der Waals surface area contributed by atoms with E-state index < -0.39 is 0 Å². The van der Waals surface area contributed by atoms with E-state index in [9.17, 15) is 4.79 Å². The highest BCUT2D eigenvalue weighted by molar-refractivity contribution is 5.81. The second-order valence-corrected chi connectivity index (χ2v) is 6.46. The molecular weight excluding hydrogens is 264 g/mol. The number of Topliss-reactive ketones (excluding diaryl/α,β-unsaturated/α-hetero) is 1. The number of nitrogens with zero attached hydrogens (tertiary/aromatic N) is 1. The number of ether oxygens (including phenoxy) is 1. The molecule has 118 valence electrons. The van der Waals surface area contributed by atoms with Crippen molar-refractivity contribution in [2.45, 2.75) is 53.4 Å². The predicted molar refractivity (Wildman–Crippen MR) is 85.7 cm³/mol. The Balaban J connectivity index is 2.68. The van der Waals surface area contributed by atoms with Crippen LogP contribution in [0.25, 0.3) is 0 Å². The molecule has 0 aliphatic rings. The molecule has 4 heteroatoms. The lowest BCUT2D eigenvalue weighted by Crippen LogP contribution is -2.19. The van der Waals surface area contributed by atoms with Crippen molar-refractivity contribution < 1.29 is 9.53 Å². The van der Waals surface area contributed by atoms with Gasteiger partial charge in [0.1, 0.15) is 11.5 Å². The van der Waals surface area contributed by atoms with Crippen molar-refractivity contribution in [1.29, 1.82) is 0 Å². The number of methoxy groups -OCH3 is 1. The molecular formula is C17H28N2O2. The highest BCUT2D eigenvalue weighted by Gasteiger charge is 2.19. The topological polar surface area (TPSA) is 65.2 Å². The molecule has 0 unspecified atom stereocenters. The Labute approximate surface area is 128 Å². The molecule has 0 saturated carbocycles. The summed E-state index contributed by atoms with van der Waals surface area (Å²) in [6, 6.07) is 0. The Hall–Kier alpha value is -1.42. The van der Waals surface area contributed by atoms with E-state index in [4.69, 9.17) is 10.5 Å². The van der Waals surface area contributed by atoms with Gasteiger partial charge in [-0.2, -0.15) is 0 Å². The van der Waals surface area contributed by atoms with Crippen molar-refractivity contribution in [3.8, 4) is 5.75 Å². The van der Waals surface area contributed by atoms with E-state index in [1.807, 2.05) is 13.8 Å². The lowest BCUT2D eigenvalue weighted by Gasteiger charge is -2.23. The molecule has 0 saturated heterocycles. The molecule has 0 spiro atoms. The van der Waals surface area contributed by atoms with Crippen molar-refractivity contribution in [2.75, 3.05) is 13.7 Å². The number of aryl methyl sites for hydroxylation is 1. The summed E-state index contributed by atoms with van der Waals surface area (Å²) in [4.78, 5) is 16.6. The predicted octanol–water partition coefficient (Wildman–Crippen LogP) is 2.97. The van der Waals surface area contributed by atoms with Gasteiger partial charge in [-0.15, -0.1) is 0 Å². The summed E-state index contributed by atoms with van der Waals surface area (Å²) < 4.78 is 5.38. The van der Waals surface area contributed by atoms with E-state index in [0.717, 1.165) is 35.4 Å². The van der Waals surface area contributed by atoms with E-state index in [2.05, 4.69) is 18.8 Å². The van der Waals surface area contributed by atoms with Gasteiger partial charge in [0.25, 0.3) is 0 Å². The van der Waals surface area contributed by atoms with E-state index in [0.29, 0.717) is 19.4 Å². The van der Waals surface area contributed by atoms with Crippen LogP contribution in [0.3, 0.4) is 0 Å². The summed E-state index contributed by atoms with van der Waals surface area (Å²) >= 11 is 0. The van der Waals surface area contributed by atoms with Crippen LogP contribution in [0, 0.1) is 19.3 Å². The molecule has 4 nitrogen and oxygen atoms in total. The third-order valence-electron chi connectivity index (χ3n) is 4.02. The van der Waals surface area contributed by atoms with Crippen LogP contribution in [0.1, 0.15) is 49.9 Å². The lowest BCUT2D eigenvalue weighted by atomic mass is 9.83. The van der Waals surface area contributed by atoms with Crippen LogP contribution in [0.15, 0.2) is 6.20 Å². The number of carbonyl (C=O) groups excluding carboxylic acids is 1. The average molecular weight is 292 g/mol. The molecule has 1 aromatic rings. The second-order valence-electron chi connectivity index (χ2n) is 6.46. The Morgan fingerprint density at radius 3 is 2.57 bits per heavy atom. The molecule has 1 rings (SSSR count). The van der Waals surface area contributed by atoms with E-state index >= 15 is 0 Å². The van der Waals surface area contributed by atoms with Gasteiger partial charge in [0.15, 0.2) is 0 Å². The fourth-order valence-electron chi connectivity index (χ4n) is 2.52. The molecule has 1 aromatic heterocycles. The Kier molecular flexibility index (Phi) is 6.34. The van der Waals surface area contributed by atoms with Crippen LogP contribution in [-0.2, 0) is 11.2 Å². The molecule has 21 heavy (non-hydrogen) atoms. The van der Waals surface area contributed by atoms with Gasteiger partial charge in [0.2, 0.25) is 0 Å². The SMILES string of the molecule is COc1c(C)cnc(CC(=O)CCC(C)(C)CCN)c1C. The number of rotatable bonds is 8. The fourth-order valence-corrected chi connectivity index (χ4v) is 2.52. The number of nitrogens with two attached hydrogens (primary N) is 1. The maximum Gasteiger partial charge on any atom is 0.138 e. The Morgan fingerprint density at radius 1 is 1.33 bits per heavy atom. The molecule has 0 atom stereocenters. The summed E-state index contributed by atoms with van der Waals surface area (Å²) in [6.45, 7) is 8.90. The van der Waals surface area contributed by atoms with Crippen molar-refractivity contribution in [1.82, 2.24) is 4.98 Å². The summed E-state index contributed by atoms with van der Waals surface area (Å²) in [5.41, 5.74) is 8.50. The summed E-state index contributed by atoms with van der Waals surface area (Å²) in [7, 11) is 1.65. The van der Waals surface area contributed by atoms with E-state index in [-0.39, 0.29) is 11.2 Å². The first kappa shape index (κ1) is 17.6. The van der Waals surface area contributed by atoms with Gasteiger partial charge in [-0.05, 0) is 38.6 Å². The van der Waals surface area contributed by atoms with Gasteiger partial charge >= 0.3 is 0 Å². The normalized spacial score (nSPS) is 11.5. The molecule has 1 heterocycles. The van der Waals surface area contributed by atoms with Crippen LogP contribution < -0.4 is 10.5 Å². The first-order valence-electron chi connectivity index (χ1n) is 7.51. The maximum atomic E-state index is 12.2. The van der Waals surface area contributed by atoms with Gasteiger partial charge in [0, 0.05) is 30.2 Å². The average Bonchev–Trinajstić information content (AvgIpc) is 2.40. The van der Waals surface area contributed by atoms with Gasteiger partial charge in [-0.25, -0.2) is 0 Å². The lowest BCUT2D eigenvalue weighted by molar-refractivity contribution is -0.119. The van der Waals surface area contributed by atoms with Gasteiger partial charge < -0.3 is 10.5 Å². The Bertz CT molecular complexity index is 496. The molecule has 0 fully saturated rings. The van der Waals surface area contributed by atoms with Crippen LogP contribution in [0.5, 0.6) is 5.75 Å². The zero-order valence-corrected chi connectivity index (χ0v) is 14.0. The summed E-state index contributed by atoms with van der Waals surface area (Å²) in [5.74, 6) is 1.05. The van der Waals surface area contributed by atoms with Crippen LogP contribution in [0.4, 0.5) is 0 Å². The highest BCUT2D eigenvalue weighted by atomic mass is 16.5. The van der Waals surface area contributed by atoms with Crippen LogP contribution in [0.2, 0.25) is 0 Å². The van der Waals surface area contributed by atoms with Crippen molar-refractivity contribution in [3.63, 3.8) is 0 Å². The third-order valence-corrected chi connectivity index (χ3v) is 4.02. The number of hydrogen-bond acceptors (Lipinski definition) is 4. The molecule has 0 bridgehead atoms. The van der Waals surface area contributed by atoms with Crippen molar-refractivity contribution in [2.24, 2.45) is 11.1 Å². The number of carbonyl (C=O) groups is 1. The first-order chi connectivity index (χ1) is 9.80. The summed E-state index contributed by atoms with van der Waals surface area (Å²) in [5, 5.41) is 0. The van der Waals surface area contributed by atoms with E-state index in [1.54, 1.807) is 13.3 Å². The summed E-state index contributed by atoms with van der Waals surface area (Å²) in [6.07, 6.45) is 4.53. The van der Waals surface area contributed by atoms with Gasteiger partial charge in [0.05, 0.1) is 12.8 Å². The van der Waals surface area contributed by atoms with Crippen LogP contribution in [-0.4, -0.2) is 24.4 Å². The zero-order chi connectivity index (χ0) is 16.0. The number of hydrogen-bond donors (Lipinski definition) is 1. The van der Waals surface area contributed by atoms with Crippen molar-refractivity contribution in [3.05, 3.63) is 23.0 Å². The zero-order valence-electron chi connectivity index (χ0n) is 14.0. The smallest absolute Gasteiger partial charge is 0.138 e. The van der Waals surface area contributed by atoms with E-state index in [1.165, 1.54) is 0 Å². The number of ketones is 1. The minimum absolute atomic E-state index is 0.123. The third kappa shape index (κ3) is 5.12. The minimum Gasteiger partial charge on any atom is -0.496 e. The largest absolute Gasteiger partial charge is 0.496 e.